The standard InChI is InChI=1S/C29H37N5O3/c1-4-33(5-2)17-19-37-18-12-22-6-11-25-26(20-22)27(29(36)31-28(25)35)21-30-23-7-9-24(10-8-23)34-15-13-32(3)14-16-34/h6-12,18,20-21,30H,4-5,13-17,19H2,1-3H3,(H,31,35,36)/b18-12+,27-21-. The van der Waals surface area contributed by atoms with Crippen LogP contribution in [-0.2, 0) is 9.53 Å². The van der Waals surface area contributed by atoms with Crippen LogP contribution in [0.15, 0.2) is 54.9 Å². The van der Waals surface area contributed by atoms with Gasteiger partial charge < -0.3 is 24.8 Å². The van der Waals surface area contributed by atoms with Crippen molar-refractivity contribution >= 4 is 34.8 Å². The van der Waals surface area contributed by atoms with Crippen LogP contribution in [0.2, 0.25) is 0 Å². The van der Waals surface area contributed by atoms with Crippen LogP contribution in [-0.4, -0.2) is 81.1 Å². The molecule has 2 aliphatic rings. The Kier molecular flexibility index (Phi) is 8.98. The Bertz CT molecular complexity index is 1150. The van der Waals surface area contributed by atoms with Gasteiger partial charge in [-0.15, -0.1) is 0 Å². The third-order valence-corrected chi connectivity index (χ3v) is 6.95. The fourth-order valence-electron chi connectivity index (χ4n) is 4.49. The highest BCUT2D eigenvalue weighted by Gasteiger charge is 2.27. The Balaban J connectivity index is 1.44. The first-order chi connectivity index (χ1) is 18.0. The molecule has 0 aliphatic carbocycles. The number of imide groups is 1. The topological polar surface area (TPSA) is 77.2 Å². The van der Waals surface area contributed by atoms with Crippen molar-refractivity contribution in [2.45, 2.75) is 13.8 Å². The second-order valence-corrected chi connectivity index (χ2v) is 9.33. The van der Waals surface area contributed by atoms with E-state index in [1.54, 1.807) is 18.5 Å². The number of rotatable bonds is 10. The summed E-state index contributed by atoms with van der Waals surface area (Å²) in [7, 11) is 2.15. The van der Waals surface area contributed by atoms with Crippen molar-refractivity contribution < 1.29 is 14.3 Å². The maximum absolute atomic E-state index is 12.7. The van der Waals surface area contributed by atoms with E-state index in [1.165, 1.54) is 5.69 Å². The monoisotopic (exact) mass is 503 g/mol. The number of benzene rings is 2. The van der Waals surface area contributed by atoms with Crippen LogP contribution in [0.25, 0.3) is 11.6 Å². The Morgan fingerprint density at radius 2 is 1.70 bits per heavy atom. The first kappa shape index (κ1) is 26.4. The smallest absolute Gasteiger partial charge is 0.260 e. The van der Waals surface area contributed by atoms with E-state index in [0.717, 1.165) is 57.1 Å². The highest BCUT2D eigenvalue weighted by molar-refractivity contribution is 6.31. The van der Waals surface area contributed by atoms with Gasteiger partial charge in [0.05, 0.1) is 18.4 Å². The molecule has 0 bridgehead atoms. The first-order valence-corrected chi connectivity index (χ1v) is 13.0. The molecule has 196 valence electrons. The van der Waals surface area contributed by atoms with Gasteiger partial charge in [0.1, 0.15) is 0 Å². The molecule has 2 heterocycles. The van der Waals surface area contributed by atoms with Crippen molar-refractivity contribution in [2.75, 3.05) is 69.7 Å². The Labute approximate surface area is 219 Å². The predicted octanol–water partition coefficient (Wildman–Crippen LogP) is 3.49. The minimum atomic E-state index is -0.421. The maximum atomic E-state index is 12.7. The Hall–Kier alpha value is -3.62. The lowest BCUT2D eigenvalue weighted by Crippen LogP contribution is -2.44. The zero-order valence-corrected chi connectivity index (χ0v) is 22.0. The van der Waals surface area contributed by atoms with Gasteiger partial charge in [-0.05, 0) is 68.2 Å². The van der Waals surface area contributed by atoms with Crippen LogP contribution in [0.1, 0.15) is 35.3 Å². The number of amides is 2. The molecule has 2 amide bonds. The molecule has 4 rings (SSSR count). The van der Waals surface area contributed by atoms with Crippen LogP contribution in [0.3, 0.4) is 0 Å². The van der Waals surface area contributed by atoms with Gasteiger partial charge in [-0.3, -0.25) is 14.9 Å². The van der Waals surface area contributed by atoms with E-state index in [9.17, 15) is 9.59 Å². The fraction of sp³-hybridized carbons (Fsp3) is 0.379. The predicted molar refractivity (Wildman–Crippen MR) is 149 cm³/mol. The molecule has 0 radical (unpaired) electrons. The molecular formula is C29H37N5O3. The summed E-state index contributed by atoms with van der Waals surface area (Å²) in [5.74, 6) is -0.810. The molecule has 0 spiro atoms. The molecule has 1 saturated heterocycles. The van der Waals surface area contributed by atoms with E-state index < -0.39 is 5.91 Å². The lowest BCUT2D eigenvalue weighted by atomic mass is 9.93. The summed E-state index contributed by atoms with van der Waals surface area (Å²) in [6.45, 7) is 11.9. The number of fused-ring (bicyclic) bond motifs is 1. The van der Waals surface area contributed by atoms with Gasteiger partial charge in [0.25, 0.3) is 11.8 Å². The number of ether oxygens (including phenoxy) is 1. The van der Waals surface area contributed by atoms with Crippen molar-refractivity contribution in [3.8, 4) is 0 Å². The van der Waals surface area contributed by atoms with Crippen molar-refractivity contribution in [3.63, 3.8) is 0 Å². The molecule has 2 aromatic carbocycles. The van der Waals surface area contributed by atoms with Gasteiger partial charge in [-0.2, -0.15) is 0 Å². The SMILES string of the molecule is CCN(CC)CCO/C=C/c1ccc2c(c1)/C(=C/Nc1ccc(N3CCN(C)CC3)cc1)C(=O)NC2=O. The van der Waals surface area contributed by atoms with E-state index in [4.69, 9.17) is 4.74 Å². The quantitative estimate of drug-likeness (QED) is 0.222. The van der Waals surface area contributed by atoms with Gasteiger partial charge in [-0.1, -0.05) is 19.9 Å². The lowest BCUT2D eigenvalue weighted by Gasteiger charge is -2.34. The number of nitrogens with zero attached hydrogens (tertiary/aromatic N) is 3. The number of carbonyl (C=O) groups is 2. The summed E-state index contributed by atoms with van der Waals surface area (Å²) in [5.41, 5.74) is 4.39. The Morgan fingerprint density at radius 1 is 0.973 bits per heavy atom. The third-order valence-electron chi connectivity index (χ3n) is 6.95. The second-order valence-electron chi connectivity index (χ2n) is 9.33. The molecule has 0 aromatic heterocycles. The lowest BCUT2D eigenvalue weighted by molar-refractivity contribution is -0.114. The van der Waals surface area contributed by atoms with Gasteiger partial charge >= 0.3 is 0 Å². The molecule has 0 unspecified atom stereocenters. The van der Waals surface area contributed by atoms with Gasteiger partial charge in [0.15, 0.2) is 0 Å². The van der Waals surface area contributed by atoms with E-state index in [2.05, 4.69) is 58.4 Å². The Morgan fingerprint density at radius 3 is 2.41 bits per heavy atom. The average Bonchev–Trinajstić information content (AvgIpc) is 2.91. The molecule has 0 saturated carbocycles. The first-order valence-electron chi connectivity index (χ1n) is 13.0. The molecular weight excluding hydrogens is 466 g/mol. The maximum Gasteiger partial charge on any atom is 0.260 e. The van der Waals surface area contributed by atoms with Crippen molar-refractivity contribution in [1.82, 2.24) is 15.1 Å². The number of likely N-dealkylation sites (N-methyl/N-ethyl adjacent to an activating group) is 2. The summed E-state index contributed by atoms with van der Waals surface area (Å²) in [5, 5.41) is 5.66. The number of carbonyl (C=O) groups excluding carboxylic acids is 2. The molecule has 2 N–H and O–H groups in total. The van der Waals surface area contributed by atoms with Crippen LogP contribution < -0.4 is 15.5 Å². The highest BCUT2D eigenvalue weighted by atomic mass is 16.5. The van der Waals surface area contributed by atoms with Crippen LogP contribution in [0.4, 0.5) is 11.4 Å². The van der Waals surface area contributed by atoms with Crippen molar-refractivity contribution in [3.05, 3.63) is 71.6 Å². The third kappa shape index (κ3) is 6.78. The molecule has 2 aliphatic heterocycles. The van der Waals surface area contributed by atoms with E-state index in [-0.39, 0.29) is 5.91 Å². The number of piperazine rings is 1. The minimum absolute atomic E-state index is 0.389. The fourth-order valence-corrected chi connectivity index (χ4v) is 4.49. The molecule has 1 fully saturated rings. The molecule has 8 heteroatoms. The van der Waals surface area contributed by atoms with Gasteiger partial charge in [0, 0.05) is 61.4 Å². The number of hydrogen-bond acceptors (Lipinski definition) is 7. The van der Waals surface area contributed by atoms with Crippen LogP contribution >= 0.6 is 0 Å². The van der Waals surface area contributed by atoms with E-state index in [1.807, 2.05) is 30.3 Å². The number of nitrogens with one attached hydrogen (secondary N) is 2. The molecule has 0 atom stereocenters. The summed E-state index contributed by atoms with van der Waals surface area (Å²) in [6, 6.07) is 13.6. The molecule has 8 nitrogen and oxygen atoms in total. The van der Waals surface area contributed by atoms with Crippen LogP contribution in [0, 0.1) is 0 Å². The van der Waals surface area contributed by atoms with Crippen molar-refractivity contribution in [2.24, 2.45) is 0 Å². The highest BCUT2D eigenvalue weighted by Crippen LogP contribution is 2.27. The number of hydrogen-bond donors (Lipinski definition) is 2. The summed E-state index contributed by atoms with van der Waals surface area (Å²) in [4.78, 5) is 32.1. The summed E-state index contributed by atoms with van der Waals surface area (Å²) in [6.07, 6.45) is 5.18. The van der Waals surface area contributed by atoms with Gasteiger partial charge in [0.2, 0.25) is 0 Å². The minimum Gasteiger partial charge on any atom is -0.500 e. The summed E-state index contributed by atoms with van der Waals surface area (Å²) < 4.78 is 5.65. The van der Waals surface area contributed by atoms with Crippen LogP contribution in [0.5, 0.6) is 0 Å². The van der Waals surface area contributed by atoms with E-state index in [0.29, 0.717) is 23.3 Å². The normalized spacial score (nSPS) is 17.4. The zero-order chi connectivity index (χ0) is 26.2. The average molecular weight is 504 g/mol. The molecule has 2 aromatic rings. The van der Waals surface area contributed by atoms with E-state index >= 15 is 0 Å². The second kappa shape index (κ2) is 12.6. The van der Waals surface area contributed by atoms with Gasteiger partial charge in [-0.25, -0.2) is 0 Å². The van der Waals surface area contributed by atoms with Crippen molar-refractivity contribution in [1.29, 1.82) is 0 Å². The zero-order valence-electron chi connectivity index (χ0n) is 22.0. The summed E-state index contributed by atoms with van der Waals surface area (Å²) >= 11 is 0. The largest absolute Gasteiger partial charge is 0.500 e. The number of anilines is 2. The molecule has 37 heavy (non-hydrogen) atoms.